The van der Waals surface area contributed by atoms with Crippen molar-refractivity contribution >= 4 is 11.7 Å². The summed E-state index contributed by atoms with van der Waals surface area (Å²) in [7, 11) is 0. The third-order valence-corrected chi connectivity index (χ3v) is 4.55. The summed E-state index contributed by atoms with van der Waals surface area (Å²) >= 11 is 0. The van der Waals surface area contributed by atoms with Crippen molar-refractivity contribution < 1.29 is 4.79 Å². The highest BCUT2D eigenvalue weighted by Gasteiger charge is 2.33. The first-order valence-corrected chi connectivity index (χ1v) is 8.25. The molecule has 1 saturated heterocycles. The van der Waals surface area contributed by atoms with Crippen molar-refractivity contribution in [1.29, 1.82) is 0 Å². The molecule has 0 aliphatic carbocycles. The van der Waals surface area contributed by atoms with Gasteiger partial charge in [0.15, 0.2) is 0 Å². The van der Waals surface area contributed by atoms with Gasteiger partial charge < -0.3 is 0 Å². The van der Waals surface area contributed by atoms with Gasteiger partial charge in [-0.1, -0.05) is 0 Å². The van der Waals surface area contributed by atoms with Crippen molar-refractivity contribution in [2.24, 2.45) is 5.92 Å². The molecule has 0 saturated carbocycles. The summed E-state index contributed by atoms with van der Waals surface area (Å²) in [5.74, 6) is 0.748. The molecule has 1 amide bonds. The van der Waals surface area contributed by atoms with Gasteiger partial charge in [-0.25, -0.2) is 4.98 Å². The van der Waals surface area contributed by atoms with E-state index < -0.39 is 0 Å². The molecule has 3 aromatic heterocycles. The van der Waals surface area contributed by atoms with Gasteiger partial charge in [-0.3, -0.25) is 24.8 Å². The third-order valence-electron chi connectivity index (χ3n) is 4.55. The SMILES string of the molecule is Cc1nc(N2CCC(Cc3cnccn3)C2=O)ccc1-c1cn[nH]c1. The number of aromatic amines is 1. The molecule has 0 spiro atoms. The molecule has 1 aliphatic heterocycles. The molecule has 25 heavy (non-hydrogen) atoms. The van der Waals surface area contributed by atoms with Gasteiger partial charge >= 0.3 is 0 Å². The number of pyridine rings is 1. The van der Waals surface area contributed by atoms with Crippen LogP contribution in [0, 0.1) is 12.8 Å². The number of aryl methyl sites for hydroxylation is 1. The first kappa shape index (κ1) is 15.4. The number of rotatable bonds is 4. The minimum absolute atomic E-state index is 0.0626. The van der Waals surface area contributed by atoms with Gasteiger partial charge in [0, 0.05) is 60.5 Å². The zero-order valence-electron chi connectivity index (χ0n) is 13.9. The summed E-state index contributed by atoms with van der Waals surface area (Å²) in [6, 6.07) is 3.89. The fourth-order valence-corrected chi connectivity index (χ4v) is 3.25. The maximum absolute atomic E-state index is 12.8. The Morgan fingerprint density at radius 1 is 1.28 bits per heavy atom. The van der Waals surface area contributed by atoms with E-state index in [2.05, 4.69) is 25.1 Å². The number of carbonyl (C=O) groups excluding carboxylic acids is 1. The Hall–Kier alpha value is -3.09. The summed E-state index contributed by atoms with van der Waals surface area (Å²) in [6.07, 6.45) is 10.0. The lowest BCUT2D eigenvalue weighted by Crippen LogP contribution is -2.28. The van der Waals surface area contributed by atoms with E-state index in [1.807, 2.05) is 25.3 Å². The lowest BCUT2D eigenvalue weighted by molar-refractivity contribution is -0.120. The molecule has 126 valence electrons. The van der Waals surface area contributed by atoms with Crippen LogP contribution < -0.4 is 4.90 Å². The van der Waals surface area contributed by atoms with Gasteiger partial charge in [0.2, 0.25) is 5.91 Å². The molecule has 1 atom stereocenters. The van der Waals surface area contributed by atoms with Crippen molar-refractivity contribution in [3.8, 4) is 11.1 Å². The fourth-order valence-electron chi connectivity index (χ4n) is 3.25. The minimum atomic E-state index is -0.0626. The number of hydrogen-bond donors (Lipinski definition) is 1. The molecule has 4 heterocycles. The highest BCUT2D eigenvalue weighted by molar-refractivity contribution is 5.96. The van der Waals surface area contributed by atoms with Gasteiger partial charge in [0.1, 0.15) is 5.82 Å². The average Bonchev–Trinajstić information content (AvgIpc) is 3.27. The van der Waals surface area contributed by atoms with E-state index >= 15 is 0 Å². The summed E-state index contributed by atoms with van der Waals surface area (Å²) in [5, 5.41) is 6.78. The summed E-state index contributed by atoms with van der Waals surface area (Å²) < 4.78 is 0. The fraction of sp³-hybridized carbons (Fsp3) is 0.278. The van der Waals surface area contributed by atoms with E-state index in [1.54, 1.807) is 29.7 Å². The van der Waals surface area contributed by atoms with Crippen LogP contribution >= 0.6 is 0 Å². The number of nitrogens with zero attached hydrogens (tertiary/aromatic N) is 5. The zero-order valence-corrected chi connectivity index (χ0v) is 13.9. The largest absolute Gasteiger partial charge is 0.297 e. The second-order valence-electron chi connectivity index (χ2n) is 6.17. The van der Waals surface area contributed by atoms with Crippen molar-refractivity contribution in [1.82, 2.24) is 25.1 Å². The Labute approximate surface area is 145 Å². The minimum Gasteiger partial charge on any atom is -0.297 e. The van der Waals surface area contributed by atoms with Gasteiger partial charge in [0.25, 0.3) is 0 Å². The standard InChI is InChI=1S/C18H18N6O/c1-12-16(14-9-21-22-10-14)2-3-17(23-12)24-7-4-13(18(24)25)8-15-11-19-5-6-20-15/h2-3,5-6,9-11,13H,4,7-8H2,1H3,(H,21,22). The monoisotopic (exact) mass is 334 g/mol. The maximum atomic E-state index is 12.8. The maximum Gasteiger partial charge on any atom is 0.231 e. The molecule has 7 nitrogen and oxygen atoms in total. The molecule has 7 heteroatoms. The summed E-state index contributed by atoms with van der Waals surface area (Å²) in [5.41, 5.74) is 3.73. The van der Waals surface area contributed by atoms with E-state index in [0.29, 0.717) is 18.8 Å². The smallest absolute Gasteiger partial charge is 0.231 e. The Bertz CT molecular complexity index is 878. The Balaban J connectivity index is 1.53. The van der Waals surface area contributed by atoms with Gasteiger partial charge in [-0.2, -0.15) is 5.10 Å². The number of anilines is 1. The van der Waals surface area contributed by atoms with Crippen molar-refractivity contribution in [3.05, 3.63) is 54.5 Å². The van der Waals surface area contributed by atoms with Crippen LogP contribution in [0.4, 0.5) is 5.82 Å². The average molecular weight is 334 g/mol. The first-order valence-electron chi connectivity index (χ1n) is 8.25. The van der Waals surface area contributed by atoms with Crippen LogP contribution in [-0.2, 0) is 11.2 Å². The lowest BCUT2D eigenvalue weighted by atomic mass is 10.0. The number of hydrogen-bond acceptors (Lipinski definition) is 5. The second-order valence-corrected chi connectivity index (χ2v) is 6.17. The molecule has 0 aromatic carbocycles. The summed E-state index contributed by atoms with van der Waals surface area (Å²) in [6.45, 7) is 2.63. The third kappa shape index (κ3) is 3.00. The molecule has 0 radical (unpaired) electrons. The van der Waals surface area contributed by atoms with Crippen molar-refractivity contribution in [2.75, 3.05) is 11.4 Å². The van der Waals surface area contributed by atoms with Crippen molar-refractivity contribution in [2.45, 2.75) is 19.8 Å². The van der Waals surface area contributed by atoms with E-state index in [9.17, 15) is 4.79 Å². The molecule has 1 N–H and O–H groups in total. The van der Waals surface area contributed by atoms with Gasteiger partial charge in [0.05, 0.1) is 11.9 Å². The van der Waals surface area contributed by atoms with Crippen LogP contribution in [0.1, 0.15) is 17.8 Å². The highest BCUT2D eigenvalue weighted by Crippen LogP contribution is 2.29. The topological polar surface area (TPSA) is 87.7 Å². The highest BCUT2D eigenvalue weighted by atomic mass is 16.2. The lowest BCUT2D eigenvalue weighted by Gasteiger charge is -2.17. The van der Waals surface area contributed by atoms with Crippen LogP contribution in [0.2, 0.25) is 0 Å². The molecule has 4 rings (SSSR count). The number of carbonyl (C=O) groups is 1. The Kier molecular flexibility index (Phi) is 3.97. The Morgan fingerprint density at radius 3 is 2.92 bits per heavy atom. The predicted molar refractivity (Wildman–Crippen MR) is 92.8 cm³/mol. The van der Waals surface area contributed by atoms with E-state index in [0.717, 1.165) is 28.9 Å². The van der Waals surface area contributed by atoms with Crippen LogP contribution in [0.25, 0.3) is 11.1 Å². The predicted octanol–water partition coefficient (Wildman–Crippen LogP) is 2.17. The molecule has 1 unspecified atom stereocenters. The molecule has 0 bridgehead atoms. The number of nitrogens with one attached hydrogen (secondary N) is 1. The van der Waals surface area contributed by atoms with Crippen LogP contribution in [0.5, 0.6) is 0 Å². The molecule has 3 aromatic rings. The van der Waals surface area contributed by atoms with E-state index in [4.69, 9.17) is 0 Å². The quantitative estimate of drug-likeness (QED) is 0.790. The van der Waals surface area contributed by atoms with Crippen LogP contribution in [0.15, 0.2) is 43.1 Å². The number of H-pyrrole nitrogens is 1. The molecule has 1 fully saturated rings. The van der Waals surface area contributed by atoms with E-state index in [1.165, 1.54) is 0 Å². The normalized spacial score (nSPS) is 17.2. The molecular formula is C18H18N6O. The van der Waals surface area contributed by atoms with Gasteiger partial charge in [-0.05, 0) is 25.5 Å². The number of aromatic nitrogens is 5. The van der Waals surface area contributed by atoms with Crippen molar-refractivity contribution in [3.63, 3.8) is 0 Å². The zero-order chi connectivity index (χ0) is 17.2. The Morgan fingerprint density at radius 2 is 2.20 bits per heavy atom. The van der Waals surface area contributed by atoms with E-state index in [-0.39, 0.29) is 11.8 Å². The van der Waals surface area contributed by atoms with Gasteiger partial charge in [-0.15, -0.1) is 0 Å². The van der Waals surface area contributed by atoms with Crippen LogP contribution in [-0.4, -0.2) is 37.6 Å². The molecular weight excluding hydrogens is 316 g/mol. The second kappa shape index (κ2) is 6.43. The first-order chi connectivity index (χ1) is 12.2. The molecule has 1 aliphatic rings. The summed E-state index contributed by atoms with van der Waals surface area (Å²) in [4.78, 5) is 27.5. The number of amides is 1. The van der Waals surface area contributed by atoms with Crippen LogP contribution in [0.3, 0.4) is 0 Å².